The van der Waals surface area contributed by atoms with Crippen LogP contribution in [0.2, 0.25) is 0 Å². The van der Waals surface area contributed by atoms with Gasteiger partial charge in [-0.15, -0.1) is 11.3 Å². The molecule has 0 atom stereocenters. The molecule has 0 saturated heterocycles. The van der Waals surface area contributed by atoms with E-state index in [0.717, 1.165) is 24.2 Å². The molecule has 1 aliphatic rings. The van der Waals surface area contributed by atoms with Gasteiger partial charge < -0.3 is 4.52 Å². The Morgan fingerprint density at radius 2 is 2.09 bits per heavy atom. The fourth-order valence-corrected chi connectivity index (χ4v) is 2.92. The molecule has 1 aromatic carbocycles. The molecule has 0 spiro atoms. The molecule has 1 amide bonds. The molecular formula is C16H12FN3O2S. The zero-order valence-corrected chi connectivity index (χ0v) is 12.8. The number of thiazole rings is 1. The van der Waals surface area contributed by atoms with Crippen LogP contribution < -0.4 is 5.32 Å². The highest BCUT2D eigenvalue weighted by Crippen LogP contribution is 2.40. The number of hydrogen-bond donors (Lipinski definition) is 1. The molecule has 23 heavy (non-hydrogen) atoms. The summed E-state index contributed by atoms with van der Waals surface area (Å²) in [5.74, 6) is 0.533. The number of benzene rings is 1. The maximum atomic E-state index is 12.9. The van der Waals surface area contributed by atoms with Crippen molar-refractivity contribution >= 4 is 22.4 Å². The van der Waals surface area contributed by atoms with Crippen molar-refractivity contribution < 1.29 is 13.7 Å². The van der Waals surface area contributed by atoms with Crippen LogP contribution >= 0.6 is 11.3 Å². The highest BCUT2D eigenvalue weighted by molar-refractivity contribution is 7.14. The van der Waals surface area contributed by atoms with E-state index >= 15 is 0 Å². The minimum absolute atomic E-state index is 0.255. The monoisotopic (exact) mass is 329 g/mol. The molecule has 2 aromatic heterocycles. The smallest absolute Gasteiger partial charge is 0.279 e. The molecule has 3 aromatic rings. The summed E-state index contributed by atoms with van der Waals surface area (Å²) in [5.41, 5.74) is 1.73. The van der Waals surface area contributed by atoms with E-state index in [1.807, 2.05) is 0 Å². The molecule has 0 unspecified atom stereocenters. The van der Waals surface area contributed by atoms with E-state index in [4.69, 9.17) is 4.52 Å². The van der Waals surface area contributed by atoms with Crippen LogP contribution in [0.25, 0.3) is 11.3 Å². The number of rotatable bonds is 4. The van der Waals surface area contributed by atoms with Crippen LogP contribution in [0.15, 0.2) is 40.2 Å². The molecule has 1 aliphatic carbocycles. The first-order valence-electron chi connectivity index (χ1n) is 7.18. The summed E-state index contributed by atoms with van der Waals surface area (Å²) >= 11 is 1.30. The second kappa shape index (κ2) is 5.58. The zero-order valence-electron chi connectivity index (χ0n) is 12.0. The topological polar surface area (TPSA) is 68.0 Å². The molecule has 0 radical (unpaired) electrons. The molecular weight excluding hydrogens is 317 g/mol. The van der Waals surface area contributed by atoms with Gasteiger partial charge in [0, 0.05) is 22.9 Å². The van der Waals surface area contributed by atoms with Crippen molar-refractivity contribution in [1.29, 1.82) is 0 Å². The molecule has 2 heterocycles. The fraction of sp³-hybridized carbons (Fsp3) is 0.188. The Bertz CT molecular complexity index is 852. The minimum Gasteiger partial charge on any atom is -0.360 e. The van der Waals surface area contributed by atoms with Gasteiger partial charge in [0.15, 0.2) is 10.8 Å². The van der Waals surface area contributed by atoms with Crippen LogP contribution in [0.3, 0.4) is 0 Å². The van der Waals surface area contributed by atoms with E-state index in [0.29, 0.717) is 16.7 Å². The first kappa shape index (κ1) is 14.1. The van der Waals surface area contributed by atoms with E-state index in [2.05, 4.69) is 15.5 Å². The van der Waals surface area contributed by atoms with Gasteiger partial charge in [0.2, 0.25) is 0 Å². The number of aromatic nitrogens is 2. The summed E-state index contributed by atoms with van der Waals surface area (Å²) in [6.07, 6.45) is 2.17. The highest BCUT2D eigenvalue weighted by Gasteiger charge is 2.29. The largest absolute Gasteiger partial charge is 0.360 e. The summed E-state index contributed by atoms with van der Waals surface area (Å²) in [6, 6.07) is 7.73. The van der Waals surface area contributed by atoms with Gasteiger partial charge in [-0.05, 0) is 37.1 Å². The number of hydrogen-bond acceptors (Lipinski definition) is 5. The molecule has 0 aliphatic heterocycles. The Morgan fingerprint density at radius 3 is 2.83 bits per heavy atom. The van der Waals surface area contributed by atoms with Crippen molar-refractivity contribution in [2.24, 2.45) is 0 Å². The molecule has 7 heteroatoms. The molecule has 1 saturated carbocycles. The van der Waals surface area contributed by atoms with E-state index in [1.165, 1.54) is 23.5 Å². The van der Waals surface area contributed by atoms with Crippen LogP contribution in [0, 0.1) is 5.82 Å². The van der Waals surface area contributed by atoms with Crippen LogP contribution in [0.4, 0.5) is 9.52 Å². The molecule has 4 rings (SSSR count). The lowest BCUT2D eigenvalue weighted by Gasteiger charge is -1.97. The first-order valence-corrected chi connectivity index (χ1v) is 8.06. The van der Waals surface area contributed by atoms with Crippen molar-refractivity contribution in [3.05, 3.63) is 53.0 Å². The van der Waals surface area contributed by atoms with Crippen LogP contribution in [0.1, 0.15) is 35.0 Å². The van der Waals surface area contributed by atoms with Crippen molar-refractivity contribution in [2.75, 3.05) is 5.32 Å². The van der Waals surface area contributed by atoms with Gasteiger partial charge in [0.25, 0.3) is 5.91 Å². The second-order valence-electron chi connectivity index (χ2n) is 5.39. The Morgan fingerprint density at radius 1 is 1.30 bits per heavy atom. The van der Waals surface area contributed by atoms with Gasteiger partial charge >= 0.3 is 0 Å². The SMILES string of the molecule is O=C(Nc1nc(-c2ccc(F)cc2)cs1)c1cc(C2CC2)on1. The Kier molecular flexibility index (Phi) is 3.42. The van der Waals surface area contributed by atoms with E-state index in [1.54, 1.807) is 23.6 Å². The number of halogens is 1. The fourth-order valence-electron chi connectivity index (χ4n) is 2.20. The number of amides is 1. The van der Waals surface area contributed by atoms with Gasteiger partial charge in [-0.25, -0.2) is 9.37 Å². The summed E-state index contributed by atoms with van der Waals surface area (Å²) in [7, 11) is 0. The lowest BCUT2D eigenvalue weighted by atomic mass is 10.2. The van der Waals surface area contributed by atoms with Gasteiger partial charge in [-0.1, -0.05) is 5.16 Å². The lowest BCUT2D eigenvalue weighted by molar-refractivity contribution is 0.101. The van der Waals surface area contributed by atoms with Crippen molar-refractivity contribution in [3.8, 4) is 11.3 Å². The van der Waals surface area contributed by atoms with Crippen LogP contribution in [-0.2, 0) is 0 Å². The predicted molar refractivity (Wildman–Crippen MR) is 83.9 cm³/mol. The van der Waals surface area contributed by atoms with E-state index in [9.17, 15) is 9.18 Å². The lowest BCUT2D eigenvalue weighted by Crippen LogP contribution is -2.11. The predicted octanol–water partition coefficient (Wildman–Crippen LogP) is 4.07. The zero-order chi connectivity index (χ0) is 15.8. The molecule has 116 valence electrons. The number of anilines is 1. The minimum atomic E-state index is -0.347. The third-order valence-corrected chi connectivity index (χ3v) is 4.36. The van der Waals surface area contributed by atoms with E-state index < -0.39 is 0 Å². The van der Waals surface area contributed by atoms with Gasteiger partial charge in [0.1, 0.15) is 11.6 Å². The van der Waals surface area contributed by atoms with Crippen LogP contribution in [0.5, 0.6) is 0 Å². The first-order chi connectivity index (χ1) is 11.2. The standard InChI is InChI=1S/C16H12FN3O2S/c17-11-5-3-9(4-6-11)13-8-23-16(18-13)19-15(21)12-7-14(22-20-12)10-1-2-10/h3-8,10H,1-2H2,(H,18,19,21). The maximum absolute atomic E-state index is 12.9. The number of carbonyl (C=O) groups excluding carboxylic acids is 1. The number of nitrogens with zero attached hydrogens (tertiary/aromatic N) is 2. The third kappa shape index (κ3) is 3.00. The van der Waals surface area contributed by atoms with Crippen molar-refractivity contribution in [2.45, 2.75) is 18.8 Å². The normalized spacial score (nSPS) is 14.0. The summed E-state index contributed by atoms with van der Waals surface area (Å²) in [4.78, 5) is 16.5. The molecule has 1 fully saturated rings. The highest BCUT2D eigenvalue weighted by atomic mass is 32.1. The maximum Gasteiger partial charge on any atom is 0.279 e. The summed E-state index contributed by atoms with van der Waals surface area (Å²) < 4.78 is 18.1. The van der Waals surface area contributed by atoms with Crippen molar-refractivity contribution in [1.82, 2.24) is 10.1 Å². The third-order valence-electron chi connectivity index (χ3n) is 3.61. The number of carbonyl (C=O) groups is 1. The molecule has 1 N–H and O–H groups in total. The molecule has 5 nitrogen and oxygen atoms in total. The van der Waals surface area contributed by atoms with Crippen molar-refractivity contribution in [3.63, 3.8) is 0 Å². The molecule has 0 bridgehead atoms. The van der Waals surface area contributed by atoms with Gasteiger partial charge in [-0.2, -0.15) is 0 Å². The summed E-state index contributed by atoms with van der Waals surface area (Å²) in [6.45, 7) is 0. The average Bonchev–Trinajstić information content (AvgIpc) is 3.10. The van der Waals surface area contributed by atoms with Crippen LogP contribution in [-0.4, -0.2) is 16.0 Å². The Balaban J connectivity index is 1.48. The Labute approximate surface area is 135 Å². The van der Waals surface area contributed by atoms with E-state index in [-0.39, 0.29) is 17.4 Å². The summed E-state index contributed by atoms with van der Waals surface area (Å²) in [5, 5.41) is 8.77. The second-order valence-corrected chi connectivity index (χ2v) is 6.25. The van der Waals surface area contributed by atoms with Gasteiger partial charge in [-0.3, -0.25) is 10.1 Å². The Hall–Kier alpha value is -2.54. The average molecular weight is 329 g/mol. The van der Waals surface area contributed by atoms with Gasteiger partial charge in [0.05, 0.1) is 5.69 Å². The number of nitrogens with one attached hydrogen (secondary N) is 1. The quantitative estimate of drug-likeness (QED) is 0.783.